The lowest BCUT2D eigenvalue weighted by molar-refractivity contribution is 0.592. The van der Waals surface area contributed by atoms with Crippen molar-refractivity contribution in [3.63, 3.8) is 0 Å². The molecular weight excluding hydrogens is 540 g/mol. The van der Waals surface area contributed by atoms with E-state index >= 15 is 0 Å². The molecule has 0 spiro atoms. The lowest BCUT2D eigenvalue weighted by Gasteiger charge is -2.28. The zero-order valence-corrected chi connectivity index (χ0v) is 24.7. The molecule has 0 saturated carbocycles. The Morgan fingerprint density at radius 1 is 0.705 bits per heavy atom. The van der Waals surface area contributed by atoms with Crippen molar-refractivity contribution in [1.82, 2.24) is 4.98 Å². The number of rotatable bonds is 4. The maximum atomic E-state index is 6.52. The summed E-state index contributed by atoms with van der Waals surface area (Å²) in [6, 6.07) is 38.4. The van der Waals surface area contributed by atoms with Gasteiger partial charge in [-0.25, -0.2) is 4.98 Å². The maximum Gasteiger partial charge on any atom is 0.227 e. The van der Waals surface area contributed by atoms with Crippen LogP contribution in [0, 0.1) is 0 Å². The Morgan fingerprint density at radius 3 is 2.30 bits per heavy atom. The average molecular weight is 571 g/mol. The van der Waals surface area contributed by atoms with E-state index < -0.39 is 0 Å². The highest BCUT2D eigenvalue weighted by Gasteiger charge is 2.36. The summed E-state index contributed by atoms with van der Waals surface area (Å²) >= 11 is 0. The smallest absolute Gasteiger partial charge is 0.227 e. The third-order valence-electron chi connectivity index (χ3n) is 9.36. The van der Waals surface area contributed by atoms with E-state index in [9.17, 15) is 0 Å². The molecule has 2 aromatic heterocycles. The Balaban J connectivity index is 1.37. The molecule has 0 atom stereocenters. The third kappa shape index (κ3) is 3.61. The minimum Gasteiger partial charge on any atom is -0.456 e. The van der Waals surface area contributed by atoms with Crippen molar-refractivity contribution >= 4 is 45.2 Å². The van der Waals surface area contributed by atoms with E-state index in [0.29, 0.717) is 11.5 Å². The number of hydrogen-bond donors (Lipinski definition) is 0. The Labute approximate surface area is 255 Å². The number of allylic oxidation sites excluding steroid dienone is 1. The van der Waals surface area contributed by atoms with Gasteiger partial charge >= 0.3 is 0 Å². The minimum atomic E-state index is -0.0675. The van der Waals surface area contributed by atoms with Gasteiger partial charge in [-0.2, -0.15) is 0 Å². The van der Waals surface area contributed by atoms with Crippen molar-refractivity contribution in [3.8, 4) is 22.6 Å². The normalized spacial score (nSPS) is 14.5. The van der Waals surface area contributed by atoms with Crippen molar-refractivity contribution in [2.45, 2.75) is 32.1 Å². The molecule has 0 unspecified atom stereocenters. The van der Waals surface area contributed by atoms with Gasteiger partial charge in [0.1, 0.15) is 16.9 Å². The first-order valence-corrected chi connectivity index (χ1v) is 15.3. The monoisotopic (exact) mass is 570 g/mol. The number of aromatic nitrogens is 1. The van der Waals surface area contributed by atoms with Crippen LogP contribution in [0.3, 0.4) is 0 Å². The molecule has 0 bridgehead atoms. The standard InChI is InChI=1S/C40H30N2O2/c1-40(2)31-19-11-9-17-28(31)30-23-27(21-22-32(30)40)42(26-15-7-4-8-16-26)38-36-29-18-10-12-20-33(29)43-34(36)24-35-37(38)41-39(44-35)25-13-5-3-6-14-25/h3-9,11-17,19-24H,10,18H2,1-2H3. The average Bonchev–Trinajstić information content (AvgIpc) is 3.72. The first-order valence-electron chi connectivity index (χ1n) is 15.3. The first kappa shape index (κ1) is 25.2. The molecule has 0 aliphatic heterocycles. The van der Waals surface area contributed by atoms with E-state index in [1.54, 1.807) is 0 Å². The van der Waals surface area contributed by atoms with Gasteiger partial charge in [0.2, 0.25) is 5.89 Å². The van der Waals surface area contributed by atoms with Crippen molar-refractivity contribution < 1.29 is 8.83 Å². The molecule has 0 radical (unpaired) electrons. The number of para-hydroxylation sites is 1. The van der Waals surface area contributed by atoms with Gasteiger partial charge in [-0.1, -0.05) is 86.7 Å². The van der Waals surface area contributed by atoms with E-state index in [1.807, 2.05) is 36.4 Å². The lowest BCUT2D eigenvalue weighted by atomic mass is 9.82. The summed E-state index contributed by atoms with van der Waals surface area (Å²) in [5, 5.41) is 1.09. The molecule has 44 heavy (non-hydrogen) atoms. The van der Waals surface area contributed by atoms with E-state index in [-0.39, 0.29) is 5.41 Å². The first-order chi connectivity index (χ1) is 21.6. The maximum absolute atomic E-state index is 6.52. The number of benzene rings is 5. The number of nitrogens with zero attached hydrogens (tertiary/aromatic N) is 2. The topological polar surface area (TPSA) is 42.4 Å². The fraction of sp³-hybridized carbons (Fsp3) is 0.125. The molecular formula is C40H30N2O2. The molecule has 2 heterocycles. The van der Waals surface area contributed by atoms with Crippen LogP contribution >= 0.6 is 0 Å². The largest absolute Gasteiger partial charge is 0.456 e. The van der Waals surface area contributed by atoms with Crippen LogP contribution in [-0.4, -0.2) is 4.98 Å². The lowest BCUT2D eigenvalue weighted by Crippen LogP contribution is -2.15. The molecule has 0 saturated heterocycles. The van der Waals surface area contributed by atoms with Crippen LogP contribution in [0.4, 0.5) is 17.1 Å². The van der Waals surface area contributed by atoms with Gasteiger partial charge in [0, 0.05) is 34.0 Å². The summed E-state index contributed by atoms with van der Waals surface area (Å²) in [5.74, 6) is 1.52. The van der Waals surface area contributed by atoms with Gasteiger partial charge in [0.15, 0.2) is 5.58 Å². The predicted octanol–water partition coefficient (Wildman–Crippen LogP) is 11.0. The van der Waals surface area contributed by atoms with Gasteiger partial charge in [-0.15, -0.1) is 0 Å². The number of fused-ring (bicyclic) bond motifs is 7. The summed E-state index contributed by atoms with van der Waals surface area (Å²) in [4.78, 5) is 7.55. The Bertz CT molecular complexity index is 2250. The molecule has 212 valence electrons. The number of furan rings is 1. The summed E-state index contributed by atoms with van der Waals surface area (Å²) in [7, 11) is 0. The van der Waals surface area contributed by atoms with Gasteiger partial charge in [-0.3, -0.25) is 0 Å². The van der Waals surface area contributed by atoms with Crippen molar-refractivity contribution in [2.24, 2.45) is 0 Å². The summed E-state index contributed by atoms with van der Waals surface area (Å²) in [6.45, 7) is 4.64. The van der Waals surface area contributed by atoms with E-state index in [2.05, 4.69) is 104 Å². The van der Waals surface area contributed by atoms with Crippen LogP contribution in [0.2, 0.25) is 0 Å². The van der Waals surface area contributed by atoms with Crippen LogP contribution in [0.15, 0.2) is 124 Å². The van der Waals surface area contributed by atoms with E-state index in [1.165, 1.54) is 27.8 Å². The van der Waals surface area contributed by atoms with Crippen molar-refractivity contribution in [3.05, 3.63) is 138 Å². The molecule has 5 aromatic carbocycles. The Hall–Kier alpha value is -5.35. The third-order valence-corrected chi connectivity index (χ3v) is 9.36. The number of oxazole rings is 1. The molecule has 0 N–H and O–H groups in total. The van der Waals surface area contributed by atoms with Crippen LogP contribution in [0.1, 0.15) is 42.7 Å². The van der Waals surface area contributed by atoms with Crippen LogP contribution in [-0.2, 0) is 11.8 Å². The Morgan fingerprint density at radius 2 is 1.45 bits per heavy atom. The molecule has 2 aliphatic carbocycles. The Kier molecular flexibility index (Phi) is 5.33. The van der Waals surface area contributed by atoms with Crippen molar-refractivity contribution in [2.75, 3.05) is 4.90 Å². The zero-order valence-electron chi connectivity index (χ0n) is 24.7. The highest BCUT2D eigenvalue weighted by atomic mass is 16.4. The second-order valence-corrected chi connectivity index (χ2v) is 12.3. The minimum absolute atomic E-state index is 0.0675. The second-order valence-electron chi connectivity index (χ2n) is 12.3. The number of anilines is 3. The van der Waals surface area contributed by atoms with Crippen LogP contribution in [0.25, 0.3) is 50.7 Å². The molecule has 0 fully saturated rings. The fourth-order valence-electron chi connectivity index (χ4n) is 7.26. The fourth-order valence-corrected chi connectivity index (χ4v) is 7.26. The number of hydrogen-bond acceptors (Lipinski definition) is 4. The predicted molar refractivity (Wildman–Crippen MR) is 179 cm³/mol. The van der Waals surface area contributed by atoms with Crippen molar-refractivity contribution in [1.29, 1.82) is 0 Å². The highest BCUT2D eigenvalue weighted by molar-refractivity contribution is 6.12. The molecule has 9 rings (SSSR count). The second kappa shape index (κ2) is 9.32. The van der Waals surface area contributed by atoms with Gasteiger partial charge in [-0.05, 0) is 77.6 Å². The van der Waals surface area contributed by atoms with Gasteiger partial charge < -0.3 is 13.7 Å². The van der Waals surface area contributed by atoms with Gasteiger partial charge in [0.05, 0.1) is 11.1 Å². The van der Waals surface area contributed by atoms with E-state index in [0.717, 1.165) is 57.7 Å². The van der Waals surface area contributed by atoms with E-state index in [4.69, 9.17) is 13.8 Å². The van der Waals surface area contributed by atoms with Gasteiger partial charge in [0.25, 0.3) is 0 Å². The molecule has 4 nitrogen and oxygen atoms in total. The molecule has 4 heteroatoms. The number of aryl methyl sites for hydroxylation is 1. The molecule has 2 aliphatic rings. The van der Waals surface area contributed by atoms with Crippen LogP contribution < -0.4 is 4.90 Å². The van der Waals surface area contributed by atoms with Crippen LogP contribution in [0.5, 0.6) is 0 Å². The quantitative estimate of drug-likeness (QED) is 0.211. The highest BCUT2D eigenvalue weighted by Crippen LogP contribution is 2.52. The summed E-state index contributed by atoms with van der Waals surface area (Å²) < 4.78 is 13.0. The summed E-state index contributed by atoms with van der Waals surface area (Å²) in [6.07, 6.45) is 6.18. The molecule has 0 amide bonds. The summed E-state index contributed by atoms with van der Waals surface area (Å²) in [5.41, 5.74) is 12.8. The SMILES string of the molecule is CC1(C)c2ccccc2-c2cc(N(c3ccccc3)c3c4nc(-c5ccccc5)oc4cc4oc5c(c34)CCC=C5)ccc21. The molecule has 7 aromatic rings. The zero-order chi connectivity index (χ0) is 29.4.